The van der Waals surface area contributed by atoms with E-state index in [4.69, 9.17) is 4.74 Å². The van der Waals surface area contributed by atoms with Crippen molar-refractivity contribution in [1.82, 2.24) is 19.3 Å². The first-order valence-corrected chi connectivity index (χ1v) is 11.2. The molecule has 156 valence electrons. The van der Waals surface area contributed by atoms with Crippen molar-refractivity contribution in [2.75, 3.05) is 13.7 Å². The van der Waals surface area contributed by atoms with Gasteiger partial charge >= 0.3 is 0 Å². The number of nitrogens with one attached hydrogen (secondary N) is 1. The van der Waals surface area contributed by atoms with Gasteiger partial charge in [0.15, 0.2) is 5.82 Å². The van der Waals surface area contributed by atoms with Crippen LogP contribution in [0.1, 0.15) is 5.69 Å². The Bertz CT molecular complexity index is 1300. The van der Waals surface area contributed by atoms with E-state index in [0.717, 1.165) is 29.1 Å². The Balaban J connectivity index is 1.49. The van der Waals surface area contributed by atoms with Crippen LogP contribution in [0.25, 0.3) is 16.3 Å². The molecule has 0 unspecified atom stereocenters. The molecule has 0 aliphatic rings. The number of aromatic nitrogens is 3. The topological polar surface area (TPSA) is 85.6 Å². The van der Waals surface area contributed by atoms with Gasteiger partial charge in [-0.15, -0.1) is 16.4 Å². The molecular weight excluding hydrogens is 434 g/mol. The number of hydrogen-bond donors (Lipinski definition) is 1. The van der Waals surface area contributed by atoms with Gasteiger partial charge in [0, 0.05) is 23.9 Å². The van der Waals surface area contributed by atoms with Crippen LogP contribution in [0.2, 0.25) is 0 Å². The lowest BCUT2D eigenvalue weighted by Crippen LogP contribution is -2.27. The molecule has 4 aromatic rings. The van der Waals surface area contributed by atoms with E-state index in [2.05, 4.69) is 14.8 Å². The highest BCUT2D eigenvalue weighted by molar-refractivity contribution is 7.89. The first-order chi connectivity index (χ1) is 14.4. The Morgan fingerprint density at radius 1 is 1.17 bits per heavy atom. The van der Waals surface area contributed by atoms with Gasteiger partial charge in [-0.25, -0.2) is 26.4 Å². The summed E-state index contributed by atoms with van der Waals surface area (Å²) >= 11 is 1.37. The maximum Gasteiger partial charge on any atom is 0.243 e. The van der Waals surface area contributed by atoms with Crippen LogP contribution in [-0.2, 0) is 16.4 Å². The SMILES string of the molecule is COc1ccc(-c2nc3scc(CCNS(=O)(=O)c4cc(F)ccc4F)n3n2)cc1. The molecule has 0 saturated heterocycles. The lowest BCUT2D eigenvalue weighted by molar-refractivity contribution is 0.415. The van der Waals surface area contributed by atoms with Crippen molar-refractivity contribution < 1.29 is 21.9 Å². The number of halogens is 2. The smallest absolute Gasteiger partial charge is 0.243 e. The second-order valence-corrected chi connectivity index (χ2v) is 8.88. The Hall–Kier alpha value is -2.89. The van der Waals surface area contributed by atoms with Crippen molar-refractivity contribution in [2.45, 2.75) is 11.3 Å². The van der Waals surface area contributed by atoms with Crippen molar-refractivity contribution >= 4 is 26.3 Å². The van der Waals surface area contributed by atoms with Gasteiger partial charge in [-0.05, 0) is 42.5 Å². The third-order valence-electron chi connectivity index (χ3n) is 4.35. The monoisotopic (exact) mass is 450 g/mol. The highest BCUT2D eigenvalue weighted by Gasteiger charge is 2.20. The van der Waals surface area contributed by atoms with E-state index < -0.39 is 26.6 Å². The second-order valence-electron chi connectivity index (χ2n) is 6.31. The molecule has 11 heteroatoms. The van der Waals surface area contributed by atoms with Crippen molar-refractivity contribution in [2.24, 2.45) is 0 Å². The molecule has 0 fully saturated rings. The summed E-state index contributed by atoms with van der Waals surface area (Å²) in [5, 5.41) is 6.31. The molecule has 0 saturated carbocycles. The minimum absolute atomic E-state index is 0.0121. The molecule has 0 aliphatic heterocycles. The number of fused-ring (bicyclic) bond motifs is 1. The van der Waals surface area contributed by atoms with Crippen LogP contribution in [0.5, 0.6) is 5.75 Å². The van der Waals surface area contributed by atoms with Crippen LogP contribution >= 0.6 is 11.3 Å². The van der Waals surface area contributed by atoms with Gasteiger partial charge in [-0.1, -0.05) is 0 Å². The molecule has 2 aromatic carbocycles. The van der Waals surface area contributed by atoms with Gasteiger partial charge in [0.25, 0.3) is 0 Å². The number of rotatable bonds is 7. The molecule has 1 N–H and O–H groups in total. The number of sulfonamides is 1. The largest absolute Gasteiger partial charge is 0.497 e. The summed E-state index contributed by atoms with van der Waals surface area (Å²) < 4.78 is 60.7. The number of ether oxygens (including phenoxy) is 1. The summed E-state index contributed by atoms with van der Waals surface area (Å²) in [5.41, 5.74) is 1.56. The summed E-state index contributed by atoms with van der Waals surface area (Å²) in [7, 11) is -2.60. The molecule has 0 bridgehead atoms. The van der Waals surface area contributed by atoms with Crippen LogP contribution in [-0.4, -0.2) is 36.7 Å². The molecule has 0 spiro atoms. The van der Waals surface area contributed by atoms with Crippen molar-refractivity contribution in [3.63, 3.8) is 0 Å². The zero-order valence-corrected chi connectivity index (χ0v) is 17.3. The quantitative estimate of drug-likeness (QED) is 0.467. The van der Waals surface area contributed by atoms with E-state index in [1.165, 1.54) is 11.3 Å². The van der Waals surface area contributed by atoms with Crippen molar-refractivity contribution in [3.8, 4) is 17.1 Å². The zero-order valence-electron chi connectivity index (χ0n) is 15.7. The third kappa shape index (κ3) is 4.04. The van der Waals surface area contributed by atoms with Crippen LogP contribution < -0.4 is 9.46 Å². The van der Waals surface area contributed by atoms with E-state index in [0.29, 0.717) is 23.3 Å². The van der Waals surface area contributed by atoms with Crippen LogP contribution in [0, 0.1) is 11.6 Å². The minimum atomic E-state index is -4.18. The second kappa shape index (κ2) is 8.09. The number of methoxy groups -OCH3 is 1. The fraction of sp³-hybridized carbons (Fsp3) is 0.158. The molecule has 0 amide bonds. The van der Waals surface area contributed by atoms with E-state index in [9.17, 15) is 17.2 Å². The van der Waals surface area contributed by atoms with Gasteiger partial charge in [0.1, 0.15) is 22.3 Å². The molecule has 2 heterocycles. The summed E-state index contributed by atoms with van der Waals surface area (Å²) in [6.45, 7) is -0.0121. The van der Waals surface area contributed by atoms with Crippen LogP contribution in [0.3, 0.4) is 0 Å². The summed E-state index contributed by atoms with van der Waals surface area (Å²) in [6, 6.07) is 9.61. The molecule has 0 aliphatic carbocycles. The minimum Gasteiger partial charge on any atom is -0.497 e. The number of hydrogen-bond acceptors (Lipinski definition) is 6. The summed E-state index contributed by atoms with van der Waals surface area (Å²) in [6.07, 6.45) is 0.293. The zero-order chi connectivity index (χ0) is 21.3. The maximum atomic E-state index is 13.8. The normalized spacial score (nSPS) is 11.8. The first kappa shape index (κ1) is 20.4. The van der Waals surface area contributed by atoms with E-state index in [-0.39, 0.29) is 6.54 Å². The average molecular weight is 450 g/mol. The summed E-state index contributed by atoms with van der Waals surface area (Å²) in [5.74, 6) is -0.581. The van der Waals surface area contributed by atoms with Crippen molar-refractivity contribution in [3.05, 3.63) is 65.2 Å². The number of benzene rings is 2. The van der Waals surface area contributed by atoms with Gasteiger partial charge in [-0.3, -0.25) is 0 Å². The molecule has 0 atom stereocenters. The Labute approximate surface area is 175 Å². The Morgan fingerprint density at radius 2 is 1.93 bits per heavy atom. The average Bonchev–Trinajstić information content (AvgIpc) is 3.31. The molecule has 2 aromatic heterocycles. The predicted octanol–water partition coefficient (Wildman–Crippen LogP) is 3.27. The first-order valence-electron chi connectivity index (χ1n) is 8.79. The van der Waals surface area contributed by atoms with Gasteiger partial charge in [0.05, 0.1) is 12.8 Å². The summed E-state index contributed by atoms with van der Waals surface area (Å²) in [4.78, 5) is 4.42. The predicted molar refractivity (Wildman–Crippen MR) is 108 cm³/mol. The molecule has 4 rings (SSSR count). The van der Waals surface area contributed by atoms with E-state index >= 15 is 0 Å². The van der Waals surface area contributed by atoms with E-state index in [1.54, 1.807) is 11.6 Å². The lowest BCUT2D eigenvalue weighted by atomic mass is 10.2. The Kier molecular flexibility index (Phi) is 5.50. The number of nitrogens with zero attached hydrogens (tertiary/aromatic N) is 3. The lowest BCUT2D eigenvalue weighted by Gasteiger charge is -2.07. The highest BCUT2D eigenvalue weighted by atomic mass is 32.2. The maximum absolute atomic E-state index is 13.8. The fourth-order valence-corrected chi connectivity index (χ4v) is 4.81. The molecule has 7 nitrogen and oxygen atoms in total. The van der Waals surface area contributed by atoms with Gasteiger partial charge in [0.2, 0.25) is 15.0 Å². The van der Waals surface area contributed by atoms with Gasteiger partial charge < -0.3 is 4.74 Å². The van der Waals surface area contributed by atoms with E-state index in [1.807, 2.05) is 29.6 Å². The third-order valence-corrected chi connectivity index (χ3v) is 6.70. The molecule has 30 heavy (non-hydrogen) atoms. The number of thiazole rings is 1. The van der Waals surface area contributed by atoms with Crippen LogP contribution in [0.15, 0.2) is 52.7 Å². The Morgan fingerprint density at radius 3 is 2.67 bits per heavy atom. The van der Waals surface area contributed by atoms with Gasteiger partial charge in [-0.2, -0.15) is 4.98 Å². The fourth-order valence-electron chi connectivity index (χ4n) is 2.83. The standard InChI is InChI=1S/C19H16F2N4O3S2/c1-28-15-5-2-12(3-6-15)18-23-19-25(24-18)14(11-29-19)8-9-22-30(26,27)17-10-13(20)4-7-16(17)21/h2-7,10-11,22H,8-9H2,1H3. The highest BCUT2D eigenvalue weighted by Crippen LogP contribution is 2.23. The molecular formula is C19H16F2N4O3S2. The van der Waals surface area contributed by atoms with Crippen molar-refractivity contribution in [1.29, 1.82) is 0 Å². The van der Waals surface area contributed by atoms with Crippen LogP contribution in [0.4, 0.5) is 8.78 Å². The molecule has 0 radical (unpaired) electrons.